The molecule has 0 aliphatic carbocycles. The third-order valence-electron chi connectivity index (χ3n) is 1.30. The highest BCUT2D eigenvalue weighted by molar-refractivity contribution is 5.62. The molecule has 3 heteroatoms. The van der Waals surface area contributed by atoms with E-state index in [0.29, 0.717) is 5.57 Å². The molecular formula is C7H10N2O. The number of aliphatic hydroxyl groups excluding tert-OH is 1. The van der Waals surface area contributed by atoms with Gasteiger partial charge >= 0.3 is 0 Å². The molecule has 0 aromatic carbocycles. The van der Waals surface area contributed by atoms with Crippen LogP contribution in [0.4, 0.5) is 0 Å². The fourth-order valence-electron chi connectivity index (χ4n) is 0.695. The van der Waals surface area contributed by atoms with Crippen LogP contribution < -0.4 is 0 Å². The van der Waals surface area contributed by atoms with Crippen molar-refractivity contribution in [1.29, 1.82) is 0 Å². The van der Waals surface area contributed by atoms with Crippen molar-refractivity contribution in [2.45, 2.75) is 0 Å². The van der Waals surface area contributed by atoms with E-state index in [2.05, 4.69) is 11.7 Å². The fourth-order valence-corrected chi connectivity index (χ4v) is 0.695. The van der Waals surface area contributed by atoms with E-state index in [1.54, 1.807) is 10.9 Å². The average molecular weight is 138 g/mol. The zero-order chi connectivity index (χ0) is 7.56. The molecule has 0 saturated carbocycles. The standard InChI is InChI=1S/C7H10N2O/c1-6(5-10)7-3-8-9(2)4-7/h3-4,10H,1,5H2,2H3. The van der Waals surface area contributed by atoms with Gasteiger partial charge in [0.2, 0.25) is 0 Å². The van der Waals surface area contributed by atoms with Crippen molar-refractivity contribution in [2.75, 3.05) is 6.61 Å². The van der Waals surface area contributed by atoms with E-state index in [1.807, 2.05) is 13.2 Å². The maximum Gasteiger partial charge on any atom is 0.0683 e. The molecule has 1 heterocycles. The number of rotatable bonds is 2. The number of hydrogen-bond acceptors (Lipinski definition) is 2. The third-order valence-corrected chi connectivity index (χ3v) is 1.30. The molecule has 1 aromatic rings. The molecule has 54 valence electrons. The number of aromatic nitrogens is 2. The topological polar surface area (TPSA) is 38.1 Å². The minimum atomic E-state index is -0.00824. The summed E-state index contributed by atoms with van der Waals surface area (Å²) in [6, 6.07) is 0. The van der Waals surface area contributed by atoms with Gasteiger partial charge in [-0.05, 0) is 5.57 Å². The molecule has 1 aromatic heterocycles. The summed E-state index contributed by atoms with van der Waals surface area (Å²) in [6.45, 7) is 3.65. The van der Waals surface area contributed by atoms with Crippen molar-refractivity contribution < 1.29 is 5.11 Å². The number of hydrogen-bond donors (Lipinski definition) is 1. The Morgan fingerprint density at radius 2 is 2.60 bits per heavy atom. The van der Waals surface area contributed by atoms with Gasteiger partial charge in [-0.2, -0.15) is 5.10 Å². The Labute approximate surface area is 59.6 Å². The second-order valence-electron chi connectivity index (χ2n) is 2.16. The molecule has 0 atom stereocenters. The maximum atomic E-state index is 8.66. The number of aliphatic hydroxyl groups is 1. The van der Waals surface area contributed by atoms with Crippen molar-refractivity contribution >= 4 is 5.57 Å². The average Bonchev–Trinajstić information content (AvgIpc) is 2.34. The Balaban J connectivity index is 2.85. The molecule has 1 N–H and O–H groups in total. The van der Waals surface area contributed by atoms with Crippen LogP contribution in [0.2, 0.25) is 0 Å². The summed E-state index contributed by atoms with van der Waals surface area (Å²) in [4.78, 5) is 0. The van der Waals surface area contributed by atoms with E-state index in [0.717, 1.165) is 5.56 Å². The maximum absolute atomic E-state index is 8.66. The Kier molecular flexibility index (Phi) is 1.87. The molecule has 10 heavy (non-hydrogen) atoms. The van der Waals surface area contributed by atoms with Crippen molar-refractivity contribution in [1.82, 2.24) is 9.78 Å². The van der Waals surface area contributed by atoms with Crippen molar-refractivity contribution in [3.63, 3.8) is 0 Å². The van der Waals surface area contributed by atoms with Crippen LogP contribution in [0.25, 0.3) is 5.57 Å². The Morgan fingerprint density at radius 3 is 3.00 bits per heavy atom. The van der Waals surface area contributed by atoms with Gasteiger partial charge in [0, 0.05) is 18.8 Å². The quantitative estimate of drug-likeness (QED) is 0.643. The summed E-state index contributed by atoms with van der Waals surface area (Å²) in [6.07, 6.45) is 3.50. The zero-order valence-electron chi connectivity index (χ0n) is 5.91. The zero-order valence-corrected chi connectivity index (χ0v) is 5.91. The molecular weight excluding hydrogens is 128 g/mol. The normalized spacial score (nSPS) is 9.80. The lowest BCUT2D eigenvalue weighted by Crippen LogP contribution is -1.86. The van der Waals surface area contributed by atoms with Crippen molar-refractivity contribution in [3.8, 4) is 0 Å². The van der Waals surface area contributed by atoms with Crippen molar-refractivity contribution in [3.05, 3.63) is 24.5 Å². The first-order valence-electron chi connectivity index (χ1n) is 3.01. The fraction of sp³-hybridized carbons (Fsp3) is 0.286. The van der Waals surface area contributed by atoms with Crippen LogP contribution in [0.5, 0.6) is 0 Å². The highest BCUT2D eigenvalue weighted by Crippen LogP contribution is 2.08. The van der Waals surface area contributed by atoms with Gasteiger partial charge in [-0.1, -0.05) is 6.58 Å². The largest absolute Gasteiger partial charge is 0.392 e. The van der Waals surface area contributed by atoms with E-state index >= 15 is 0 Å². The van der Waals surface area contributed by atoms with Crippen LogP contribution in [0.3, 0.4) is 0 Å². The van der Waals surface area contributed by atoms with Gasteiger partial charge in [-0.15, -0.1) is 0 Å². The van der Waals surface area contributed by atoms with Crippen molar-refractivity contribution in [2.24, 2.45) is 7.05 Å². The monoisotopic (exact) mass is 138 g/mol. The SMILES string of the molecule is C=C(CO)c1cnn(C)c1. The highest BCUT2D eigenvalue weighted by Gasteiger charge is 1.97. The molecule has 0 aliphatic rings. The molecule has 0 unspecified atom stereocenters. The third kappa shape index (κ3) is 1.25. The lowest BCUT2D eigenvalue weighted by Gasteiger charge is -1.93. The summed E-state index contributed by atoms with van der Waals surface area (Å²) in [5, 5.41) is 12.6. The number of nitrogens with zero attached hydrogens (tertiary/aromatic N) is 2. The summed E-state index contributed by atoms with van der Waals surface area (Å²) in [5.74, 6) is 0. The molecule has 1 rings (SSSR count). The van der Waals surface area contributed by atoms with Crippen LogP contribution in [-0.4, -0.2) is 21.5 Å². The van der Waals surface area contributed by atoms with E-state index in [9.17, 15) is 0 Å². The van der Waals surface area contributed by atoms with Gasteiger partial charge in [0.15, 0.2) is 0 Å². The van der Waals surface area contributed by atoms with Crippen LogP contribution in [0.1, 0.15) is 5.56 Å². The molecule has 0 spiro atoms. The van der Waals surface area contributed by atoms with Crippen LogP contribution in [0, 0.1) is 0 Å². The van der Waals surface area contributed by atoms with Crippen LogP contribution in [-0.2, 0) is 7.05 Å². The molecule has 3 nitrogen and oxygen atoms in total. The van der Waals surface area contributed by atoms with Gasteiger partial charge in [-0.3, -0.25) is 4.68 Å². The Morgan fingerprint density at radius 1 is 1.90 bits per heavy atom. The predicted molar refractivity (Wildman–Crippen MR) is 39.3 cm³/mol. The predicted octanol–water partition coefficient (Wildman–Crippen LogP) is 0.426. The summed E-state index contributed by atoms with van der Waals surface area (Å²) in [7, 11) is 1.83. The van der Waals surface area contributed by atoms with Gasteiger partial charge < -0.3 is 5.11 Å². The first-order valence-corrected chi connectivity index (χ1v) is 3.01. The summed E-state index contributed by atoms with van der Waals surface area (Å²) in [5.41, 5.74) is 1.60. The molecule has 0 radical (unpaired) electrons. The minimum absolute atomic E-state index is 0.00824. The minimum Gasteiger partial charge on any atom is -0.392 e. The number of aryl methyl sites for hydroxylation is 1. The van der Waals surface area contributed by atoms with Crippen LogP contribution >= 0.6 is 0 Å². The second-order valence-corrected chi connectivity index (χ2v) is 2.16. The van der Waals surface area contributed by atoms with E-state index in [-0.39, 0.29) is 6.61 Å². The smallest absolute Gasteiger partial charge is 0.0683 e. The van der Waals surface area contributed by atoms with Gasteiger partial charge in [-0.25, -0.2) is 0 Å². The lowest BCUT2D eigenvalue weighted by atomic mass is 10.2. The van der Waals surface area contributed by atoms with E-state index in [1.165, 1.54) is 0 Å². The molecule has 0 fully saturated rings. The summed E-state index contributed by atoms with van der Waals surface area (Å²) >= 11 is 0. The van der Waals surface area contributed by atoms with Gasteiger partial charge in [0.1, 0.15) is 0 Å². The van der Waals surface area contributed by atoms with Gasteiger partial charge in [0.05, 0.1) is 12.8 Å². The second kappa shape index (κ2) is 2.66. The molecule has 0 aliphatic heterocycles. The van der Waals surface area contributed by atoms with Gasteiger partial charge in [0.25, 0.3) is 0 Å². The first-order chi connectivity index (χ1) is 4.74. The molecule has 0 amide bonds. The highest BCUT2D eigenvalue weighted by atomic mass is 16.3. The van der Waals surface area contributed by atoms with E-state index in [4.69, 9.17) is 5.11 Å². The Bertz CT molecular complexity index is 240. The molecule has 0 saturated heterocycles. The molecule has 0 bridgehead atoms. The van der Waals surface area contributed by atoms with Crippen LogP contribution in [0.15, 0.2) is 19.0 Å². The first kappa shape index (κ1) is 7.02. The summed E-state index contributed by atoms with van der Waals surface area (Å²) < 4.78 is 1.68. The Hall–Kier alpha value is -1.09. The lowest BCUT2D eigenvalue weighted by molar-refractivity contribution is 0.350. The van der Waals surface area contributed by atoms with E-state index < -0.39 is 0 Å².